The normalized spacial score (nSPS) is 12.9. The molecule has 0 saturated carbocycles. The summed E-state index contributed by atoms with van der Waals surface area (Å²) in [6.45, 7) is 8.47. The molecule has 0 aliphatic heterocycles. The second kappa shape index (κ2) is 5.73. The molecule has 1 atom stereocenters. The SMILES string of the molecule is CC(N(C)C(=O)c1cc(N)ccc1N(C)C)C(C)(C)C. The number of carbonyl (C=O) groups excluding carboxylic acids is 1. The molecular weight excluding hydrogens is 250 g/mol. The Morgan fingerprint density at radius 3 is 2.20 bits per heavy atom. The molecule has 1 unspecified atom stereocenters. The predicted molar refractivity (Wildman–Crippen MR) is 86.2 cm³/mol. The first kappa shape index (κ1) is 16.3. The zero-order valence-electron chi connectivity index (χ0n) is 13.7. The number of nitrogen functional groups attached to an aromatic ring is 1. The molecule has 1 rings (SSSR count). The van der Waals surface area contributed by atoms with Crippen LogP contribution in [-0.2, 0) is 0 Å². The Bertz CT molecular complexity index is 489. The predicted octanol–water partition coefficient (Wildman–Crippen LogP) is 2.84. The Hall–Kier alpha value is -1.71. The second-order valence-electron chi connectivity index (χ2n) is 6.63. The Kier molecular flexibility index (Phi) is 4.69. The number of amides is 1. The third-order valence-corrected chi connectivity index (χ3v) is 3.89. The first-order chi connectivity index (χ1) is 9.05. The van der Waals surface area contributed by atoms with Crippen molar-refractivity contribution in [1.82, 2.24) is 4.90 Å². The lowest BCUT2D eigenvalue weighted by Gasteiger charge is -2.36. The van der Waals surface area contributed by atoms with Crippen molar-refractivity contribution in [3.05, 3.63) is 23.8 Å². The third-order valence-electron chi connectivity index (χ3n) is 3.89. The standard InChI is InChI=1S/C16H27N3O/c1-11(16(2,3)4)19(7)15(20)13-10-12(17)8-9-14(13)18(5)6/h8-11H,17H2,1-7H3. The highest BCUT2D eigenvalue weighted by Gasteiger charge is 2.28. The van der Waals surface area contributed by atoms with E-state index in [0.717, 1.165) is 5.69 Å². The van der Waals surface area contributed by atoms with E-state index in [2.05, 4.69) is 27.7 Å². The average Bonchev–Trinajstić information content (AvgIpc) is 2.34. The van der Waals surface area contributed by atoms with Gasteiger partial charge in [0.25, 0.3) is 5.91 Å². The maximum atomic E-state index is 12.8. The van der Waals surface area contributed by atoms with Crippen LogP contribution in [0.2, 0.25) is 0 Å². The zero-order chi connectivity index (χ0) is 15.7. The van der Waals surface area contributed by atoms with Crippen molar-refractivity contribution in [3.63, 3.8) is 0 Å². The van der Waals surface area contributed by atoms with Crippen molar-refractivity contribution in [2.24, 2.45) is 5.41 Å². The first-order valence-electron chi connectivity index (χ1n) is 6.89. The van der Waals surface area contributed by atoms with Gasteiger partial charge in [0, 0.05) is 38.6 Å². The minimum Gasteiger partial charge on any atom is -0.399 e. The molecule has 0 fully saturated rings. The lowest BCUT2D eigenvalue weighted by atomic mass is 9.87. The van der Waals surface area contributed by atoms with Gasteiger partial charge in [-0.1, -0.05) is 20.8 Å². The van der Waals surface area contributed by atoms with Crippen LogP contribution in [0.4, 0.5) is 11.4 Å². The van der Waals surface area contributed by atoms with Crippen LogP contribution in [-0.4, -0.2) is 38.0 Å². The number of hydrogen-bond donors (Lipinski definition) is 1. The van der Waals surface area contributed by atoms with E-state index in [1.54, 1.807) is 11.0 Å². The van der Waals surface area contributed by atoms with Gasteiger partial charge in [-0.15, -0.1) is 0 Å². The summed E-state index contributed by atoms with van der Waals surface area (Å²) in [5.41, 5.74) is 8.01. The van der Waals surface area contributed by atoms with Crippen molar-refractivity contribution in [1.29, 1.82) is 0 Å². The van der Waals surface area contributed by atoms with Gasteiger partial charge in [-0.2, -0.15) is 0 Å². The fourth-order valence-electron chi connectivity index (χ4n) is 2.06. The number of anilines is 2. The highest BCUT2D eigenvalue weighted by molar-refractivity contribution is 6.00. The molecule has 2 N–H and O–H groups in total. The number of nitrogens with zero attached hydrogens (tertiary/aromatic N) is 2. The summed E-state index contributed by atoms with van der Waals surface area (Å²) in [7, 11) is 5.70. The molecule has 1 amide bonds. The van der Waals surface area contributed by atoms with Gasteiger partial charge in [0.2, 0.25) is 0 Å². The van der Waals surface area contributed by atoms with Crippen LogP contribution in [0.1, 0.15) is 38.1 Å². The number of hydrogen-bond acceptors (Lipinski definition) is 3. The van der Waals surface area contributed by atoms with E-state index in [1.165, 1.54) is 0 Å². The number of benzene rings is 1. The molecule has 4 nitrogen and oxygen atoms in total. The zero-order valence-corrected chi connectivity index (χ0v) is 13.7. The van der Waals surface area contributed by atoms with Gasteiger partial charge >= 0.3 is 0 Å². The molecule has 0 saturated heterocycles. The van der Waals surface area contributed by atoms with Gasteiger partial charge < -0.3 is 15.5 Å². The van der Waals surface area contributed by atoms with E-state index in [0.29, 0.717) is 11.3 Å². The lowest BCUT2D eigenvalue weighted by Crippen LogP contribution is -2.43. The summed E-state index contributed by atoms with van der Waals surface area (Å²) in [6.07, 6.45) is 0. The van der Waals surface area contributed by atoms with Crippen molar-refractivity contribution in [3.8, 4) is 0 Å². The smallest absolute Gasteiger partial charge is 0.256 e. The summed E-state index contributed by atoms with van der Waals surface area (Å²) in [4.78, 5) is 16.5. The van der Waals surface area contributed by atoms with Crippen LogP contribution >= 0.6 is 0 Å². The minimum atomic E-state index is 0.00317. The largest absolute Gasteiger partial charge is 0.399 e. The maximum absolute atomic E-state index is 12.8. The molecule has 0 aromatic heterocycles. The van der Waals surface area contributed by atoms with Gasteiger partial charge in [-0.05, 0) is 30.5 Å². The monoisotopic (exact) mass is 277 g/mol. The molecule has 4 heteroatoms. The second-order valence-corrected chi connectivity index (χ2v) is 6.63. The van der Waals surface area contributed by atoms with Gasteiger partial charge in [0.05, 0.1) is 5.56 Å². The molecule has 0 bridgehead atoms. The lowest BCUT2D eigenvalue weighted by molar-refractivity contribution is 0.0630. The summed E-state index contributed by atoms with van der Waals surface area (Å²) in [5, 5.41) is 0. The number of carbonyl (C=O) groups is 1. The van der Waals surface area contributed by atoms with Crippen LogP contribution in [0.15, 0.2) is 18.2 Å². The Morgan fingerprint density at radius 1 is 1.20 bits per heavy atom. The molecule has 1 aromatic rings. The Balaban J connectivity index is 3.18. The maximum Gasteiger partial charge on any atom is 0.256 e. The van der Waals surface area contributed by atoms with Crippen molar-refractivity contribution in [2.75, 3.05) is 31.8 Å². The van der Waals surface area contributed by atoms with Crippen LogP contribution < -0.4 is 10.6 Å². The van der Waals surface area contributed by atoms with Crippen LogP contribution in [0.3, 0.4) is 0 Å². The van der Waals surface area contributed by atoms with Gasteiger partial charge in [0.1, 0.15) is 0 Å². The van der Waals surface area contributed by atoms with E-state index in [-0.39, 0.29) is 17.4 Å². The molecule has 0 aliphatic rings. The fourth-order valence-corrected chi connectivity index (χ4v) is 2.06. The Morgan fingerprint density at radius 2 is 1.75 bits per heavy atom. The van der Waals surface area contributed by atoms with Gasteiger partial charge in [-0.3, -0.25) is 4.79 Å². The molecule has 0 radical (unpaired) electrons. The summed E-state index contributed by atoms with van der Waals surface area (Å²) >= 11 is 0. The summed E-state index contributed by atoms with van der Waals surface area (Å²) in [5.74, 6) is 0.00317. The molecule has 1 aromatic carbocycles. The van der Waals surface area contributed by atoms with E-state index >= 15 is 0 Å². The van der Waals surface area contributed by atoms with Gasteiger partial charge in [0.15, 0.2) is 0 Å². The minimum absolute atomic E-state index is 0.00317. The summed E-state index contributed by atoms with van der Waals surface area (Å²) < 4.78 is 0. The van der Waals surface area contributed by atoms with Crippen LogP contribution in [0.5, 0.6) is 0 Å². The van der Waals surface area contributed by atoms with Crippen molar-refractivity contribution in [2.45, 2.75) is 33.7 Å². The van der Waals surface area contributed by atoms with Crippen molar-refractivity contribution >= 4 is 17.3 Å². The highest BCUT2D eigenvalue weighted by atomic mass is 16.2. The highest BCUT2D eigenvalue weighted by Crippen LogP contribution is 2.27. The molecular formula is C16H27N3O. The fraction of sp³-hybridized carbons (Fsp3) is 0.562. The molecule has 0 spiro atoms. The molecule has 0 aliphatic carbocycles. The number of nitrogens with two attached hydrogens (primary N) is 1. The van der Waals surface area contributed by atoms with Crippen molar-refractivity contribution < 1.29 is 4.79 Å². The Labute approximate surface area is 122 Å². The topological polar surface area (TPSA) is 49.6 Å². The van der Waals surface area contributed by atoms with Gasteiger partial charge in [-0.25, -0.2) is 0 Å². The summed E-state index contributed by atoms with van der Waals surface area (Å²) in [6, 6.07) is 5.59. The third kappa shape index (κ3) is 3.44. The quantitative estimate of drug-likeness (QED) is 0.864. The number of rotatable bonds is 3. The van der Waals surface area contributed by atoms with E-state index in [4.69, 9.17) is 5.73 Å². The van der Waals surface area contributed by atoms with E-state index < -0.39 is 0 Å². The molecule has 0 heterocycles. The molecule has 20 heavy (non-hydrogen) atoms. The van der Waals surface area contributed by atoms with Crippen LogP contribution in [0, 0.1) is 5.41 Å². The van der Waals surface area contributed by atoms with E-state index in [1.807, 2.05) is 38.2 Å². The average molecular weight is 277 g/mol. The molecule has 112 valence electrons. The van der Waals surface area contributed by atoms with E-state index in [9.17, 15) is 4.79 Å². The first-order valence-corrected chi connectivity index (χ1v) is 6.89. The van der Waals surface area contributed by atoms with Crippen LogP contribution in [0.25, 0.3) is 0 Å².